The lowest BCUT2D eigenvalue weighted by atomic mass is 9.98. The Hall–Kier alpha value is -2.06. The monoisotopic (exact) mass is 346 g/mol. The number of carbonyl (C=O) groups excluding carboxylic acids is 1. The van der Waals surface area contributed by atoms with Gasteiger partial charge in [0, 0.05) is 6.61 Å². The van der Waals surface area contributed by atoms with Crippen LogP contribution in [0.25, 0.3) is 0 Å². The van der Waals surface area contributed by atoms with Gasteiger partial charge in [-0.3, -0.25) is 4.79 Å². The first kappa shape index (κ1) is 21.0. The molecular weight excluding hydrogens is 316 g/mol. The topological polar surface area (TPSA) is 71.3 Å². The number of anilines is 1. The quantitative estimate of drug-likeness (QED) is 0.591. The molecule has 1 atom stereocenters. The van der Waals surface area contributed by atoms with E-state index in [1.54, 1.807) is 25.1 Å². The fraction of sp³-hybridized carbons (Fsp3) is 0.600. The van der Waals surface area contributed by atoms with Crippen LogP contribution in [0.1, 0.15) is 65.4 Å². The van der Waals surface area contributed by atoms with Crippen molar-refractivity contribution in [3.05, 3.63) is 23.8 Å². The maximum atomic E-state index is 12.7. The number of hydrogen-bond acceptors (Lipinski definition) is 4. The summed E-state index contributed by atoms with van der Waals surface area (Å²) in [5.41, 5.74) is -0.0252. The number of nitrogens with one attached hydrogen (secondary N) is 1. The number of amides is 1. The lowest BCUT2D eigenvalue weighted by Crippen LogP contribution is -2.43. The summed E-state index contributed by atoms with van der Waals surface area (Å²) in [4.78, 5) is 12.7. The molecule has 1 unspecified atom stereocenters. The van der Waals surface area contributed by atoms with Crippen molar-refractivity contribution in [2.75, 3.05) is 18.5 Å². The Labute approximate surface area is 151 Å². The average Bonchev–Trinajstić information content (AvgIpc) is 2.61. The highest BCUT2D eigenvalue weighted by molar-refractivity contribution is 5.98. The molecule has 1 N–H and O–H groups in total. The number of benzene rings is 1. The van der Waals surface area contributed by atoms with Gasteiger partial charge >= 0.3 is 0 Å². The number of unbranched alkanes of at least 4 members (excludes halogenated alkanes) is 1. The van der Waals surface area contributed by atoms with Crippen LogP contribution in [0.4, 0.5) is 5.69 Å². The van der Waals surface area contributed by atoms with Crippen LogP contribution in [-0.4, -0.2) is 24.7 Å². The minimum Gasteiger partial charge on any atom is -0.494 e. The number of nitriles is 1. The van der Waals surface area contributed by atoms with E-state index in [1.165, 1.54) is 0 Å². The molecule has 1 rings (SSSR count). The van der Waals surface area contributed by atoms with E-state index in [9.17, 15) is 10.1 Å². The first-order chi connectivity index (χ1) is 12.0. The van der Waals surface area contributed by atoms with Crippen molar-refractivity contribution < 1.29 is 14.3 Å². The highest BCUT2D eigenvalue weighted by Crippen LogP contribution is 2.25. The minimum atomic E-state index is -0.895. The summed E-state index contributed by atoms with van der Waals surface area (Å²) < 4.78 is 11.4. The molecular formula is C20H30N2O3. The van der Waals surface area contributed by atoms with Gasteiger partial charge in [0.1, 0.15) is 17.4 Å². The van der Waals surface area contributed by atoms with Crippen molar-refractivity contribution in [1.29, 1.82) is 5.26 Å². The number of rotatable bonds is 11. The zero-order valence-corrected chi connectivity index (χ0v) is 15.9. The van der Waals surface area contributed by atoms with E-state index in [2.05, 4.69) is 18.3 Å². The molecule has 0 aliphatic carbocycles. The average molecular weight is 346 g/mol. The van der Waals surface area contributed by atoms with Gasteiger partial charge in [0.2, 0.25) is 0 Å². The summed E-state index contributed by atoms with van der Waals surface area (Å²) >= 11 is 0. The molecule has 0 bridgehead atoms. The molecule has 1 aromatic carbocycles. The summed E-state index contributed by atoms with van der Waals surface area (Å²) in [5.74, 6) is 0.417. The smallest absolute Gasteiger partial charge is 0.256 e. The van der Waals surface area contributed by atoms with Crippen LogP contribution in [0.2, 0.25) is 0 Å². The van der Waals surface area contributed by atoms with Crippen molar-refractivity contribution in [2.24, 2.45) is 0 Å². The molecule has 0 aliphatic rings. The summed E-state index contributed by atoms with van der Waals surface area (Å²) in [5, 5.41) is 12.2. The van der Waals surface area contributed by atoms with Crippen molar-refractivity contribution in [3.8, 4) is 11.8 Å². The predicted molar refractivity (Wildman–Crippen MR) is 99.7 cm³/mol. The number of ether oxygens (including phenoxy) is 2. The Morgan fingerprint density at radius 3 is 2.56 bits per heavy atom. The third-order valence-electron chi connectivity index (χ3n) is 3.96. The Morgan fingerprint density at radius 2 is 1.96 bits per heavy atom. The molecule has 25 heavy (non-hydrogen) atoms. The predicted octanol–water partition coefficient (Wildman–Crippen LogP) is 4.66. The molecule has 0 spiro atoms. The molecule has 138 valence electrons. The fourth-order valence-electron chi connectivity index (χ4n) is 2.46. The van der Waals surface area contributed by atoms with Gasteiger partial charge in [-0.2, -0.15) is 5.26 Å². The Kier molecular flexibility index (Phi) is 9.01. The summed E-state index contributed by atoms with van der Waals surface area (Å²) in [7, 11) is 0. The largest absolute Gasteiger partial charge is 0.494 e. The van der Waals surface area contributed by atoms with Gasteiger partial charge in [0.05, 0.1) is 17.9 Å². The zero-order chi connectivity index (χ0) is 18.7. The van der Waals surface area contributed by atoms with E-state index >= 15 is 0 Å². The second-order valence-electron chi connectivity index (χ2n) is 6.30. The van der Waals surface area contributed by atoms with Gasteiger partial charge in [0.25, 0.3) is 5.91 Å². The van der Waals surface area contributed by atoms with Crippen molar-refractivity contribution in [3.63, 3.8) is 0 Å². The minimum absolute atomic E-state index is 0.223. The second kappa shape index (κ2) is 10.7. The number of nitrogens with zero attached hydrogens (tertiary/aromatic N) is 1. The van der Waals surface area contributed by atoms with Gasteiger partial charge in [-0.15, -0.1) is 0 Å². The van der Waals surface area contributed by atoms with Crippen LogP contribution < -0.4 is 10.1 Å². The first-order valence-corrected chi connectivity index (χ1v) is 9.13. The van der Waals surface area contributed by atoms with E-state index < -0.39 is 5.60 Å². The zero-order valence-electron chi connectivity index (χ0n) is 15.9. The maximum absolute atomic E-state index is 12.7. The highest BCUT2D eigenvalue weighted by atomic mass is 16.5. The van der Waals surface area contributed by atoms with Crippen LogP contribution in [0.15, 0.2) is 18.2 Å². The SMILES string of the molecule is CCCCOc1ccc(NC(=O)C(C)(CCC)OCCC)c(C#N)c1. The van der Waals surface area contributed by atoms with Crippen molar-refractivity contribution in [1.82, 2.24) is 0 Å². The molecule has 0 saturated carbocycles. The molecule has 5 nitrogen and oxygen atoms in total. The van der Waals surface area contributed by atoms with Crippen LogP contribution in [-0.2, 0) is 9.53 Å². The van der Waals surface area contributed by atoms with E-state index in [1.807, 2.05) is 13.8 Å². The van der Waals surface area contributed by atoms with E-state index in [-0.39, 0.29) is 5.91 Å². The molecule has 1 amide bonds. The fourth-order valence-corrected chi connectivity index (χ4v) is 2.46. The van der Waals surface area contributed by atoms with Gasteiger partial charge in [-0.1, -0.05) is 33.6 Å². The third kappa shape index (κ3) is 6.39. The molecule has 0 aromatic heterocycles. The lowest BCUT2D eigenvalue weighted by Gasteiger charge is -2.28. The van der Waals surface area contributed by atoms with E-state index in [0.29, 0.717) is 36.6 Å². The van der Waals surface area contributed by atoms with Crippen molar-refractivity contribution in [2.45, 2.75) is 65.4 Å². The van der Waals surface area contributed by atoms with Crippen LogP contribution in [0.5, 0.6) is 5.75 Å². The van der Waals surface area contributed by atoms with Gasteiger partial charge in [0.15, 0.2) is 0 Å². The molecule has 0 aliphatic heterocycles. The molecule has 0 fully saturated rings. The normalized spacial score (nSPS) is 12.9. The first-order valence-electron chi connectivity index (χ1n) is 9.13. The Bertz CT molecular complexity index is 595. The Balaban J connectivity index is 2.89. The van der Waals surface area contributed by atoms with Crippen LogP contribution in [0.3, 0.4) is 0 Å². The number of carbonyl (C=O) groups is 1. The van der Waals surface area contributed by atoms with Crippen LogP contribution >= 0.6 is 0 Å². The van der Waals surface area contributed by atoms with E-state index in [4.69, 9.17) is 9.47 Å². The third-order valence-corrected chi connectivity index (χ3v) is 3.96. The molecule has 0 saturated heterocycles. The summed E-state index contributed by atoms with van der Waals surface area (Å²) in [6.07, 6.45) is 4.32. The second-order valence-corrected chi connectivity index (χ2v) is 6.30. The van der Waals surface area contributed by atoms with E-state index in [0.717, 1.165) is 25.7 Å². The molecule has 1 aromatic rings. The summed E-state index contributed by atoms with van der Waals surface area (Å²) in [6.45, 7) is 9.07. The standard InChI is InChI=1S/C20H30N2O3/c1-5-8-13-24-17-9-10-18(16(14-17)15-21)22-19(23)20(4,11-6-2)25-12-7-3/h9-10,14H,5-8,11-13H2,1-4H3,(H,22,23). The van der Waals surface area contributed by atoms with Gasteiger partial charge in [-0.05, 0) is 44.4 Å². The maximum Gasteiger partial charge on any atom is 0.256 e. The number of hydrogen-bond donors (Lipinski definition) is 1. The van der Waals surface area contributed by atoms with Gasteiger partial charge in [-0.25, -0.2) is 0 Å². The Morgan fingerprint density at radius 1 is 1.20 bits per heavy atom. The van der Waals surface area contributed by atoms with Crippen molar-refractivity contribution >= 4 is 11.6 Å². The van der Waals surface area contributed by atoms with Gasteiger partial charge < -0.3 is 14.8 Å². The summed E-state index contributed by atoms with van der Waals surface area (Å²) in [6, 6.07) is 7.27. The lowest BCUT2D eigenvalue weighted by molar-refractivity contribution is -0.140. The van der Waals surface area contributed by atoms with Crippen LogP contribution in [0, 0.1) is 11.3 Å². The molecule has 5 heteroatoms. The highest BCUT2D eigenvalue weighted by Gasteiger charge is 2.33. The molecule has 0 radical (unpaired) electrons. The molecule has 0 heterocycles.